The van der Waals surface area contributed by atoms with Crippen LogP contribution in [-0.2, 0) is 80.1 Å². The fourth-order valence-corrected chi connectivity index (χ4v) is 15.8. The largest absolute Gasteiger partial charge is 0.778 e. The van der Waals surface area contributed by atoms with Gasteiger partial charge in [0.25, 0.3) is 17.1 Å². The molecular formula is C34H48N15O26P5. The van der Waals surface area contributed by atoms with Crippen molar-refractivity contribution in [3.63, 3.8) is 0 Å². The molecule has 15 N–H and O–H groups in total. The second kappa shape index (κ2) is 22.3. The number of aliphatic hydroxyl groups excluding tert-OH is 3. The zero-order valence-corrected chi connectivity index (χ0v) is 45.4. The number of aromatic amines is 2. The molecule has 0 aromatic carbocycles. The first-order chi connectivity index (χ1) is 37.4. The normalized spacial score (nSPS) is 30.1. The number of nitrogens with zero attached hydrogens (tertiary/aromatic N) is 10. The molecule has 46 heteroatoms. The van der Waals surface area contributed by atoms with Crippen LogP contribution in [0.1, 0.15) is 18.7 Å². The van der Waals surface area contributed by atoms with E-state index < -0.39 is 143 Å². The van der Waals surface area contributed by atoms with E-state index in [0.717, 1.165) is 35.2 Å². The molecule has 9 heterocycles. The van der Waals surface area contributed by atoms with E-state index in [9.17, 15) is 72.2 Å². The second-order valence-corrected chi connectivity index (χ2v) is 25.8. The van der Waals surface area contributed by atoms with E-state index in [1.165, 1.54) is 29.6 Å². The highest BCUT2D eigenvalue weighted by Gasteiger charge is 2.55. The van der Waals surface area contributed by atoms with Crippen molar-refractivity contribution in [3.05, 3.63) is 46.0 Å². The number of H-pyrrole nitrogens is 2. The molecule has 0 saturated carbocycles. The summed E-state index contributed by atoms with van der Waals surface area (Å²) in [6.07, 6.45) is -12.1. The maximum atomic E-state index is 14.3. The van der Waals surface area contributed by atoms with E-state index in [2.05, 4.69) is 52.8 Å². The zero-order valence-electron chi connectivity index (χ0n) is 40.9. The van der Waals surface area contributed by atoms with Gasteiger partial charge in [0.2, 0.25) is 17.7 Å². The number of phosphoric acid groups is 4. The Morgan fingerprint density at radius 3 is 1.91 bits per heavy atom. The number of nitrogen functional groups attached to an aromatic ring is 3. The molecule has 6 aromatic heterocycles. The number of imidazole rings is 3. The number of phosphoric ester groups is 2. The Bertz CT molecular complexity index is 3690. The van der Waals surface area contributed by atoms with Crippen LogP contribution in [-0.4, -0.2) is 178 Å². The molecule has 6 unspecified atom stereocenters. The third-order valence-electron chi connectivity index (χ3n) is 12.5. The Kier molecular flexibility index (Phi) is 16.6. The third-order valence-corrected chi connectivity index (χ3v) is 20.2. The molecule has 0 aliphatic carbocycles. The minimum atomic E-state index is -6.46. The highest BCUT2D eigenvalue weighted by atomic mass is 31.3. The summed E-state index contributed by atoms with van der Waals surface area (Å²) in [5.41, 5.74) is 13.2. The number of aryl methyl sites for hydroxylation is 1. The first kappa shape index (κ1) is 59.7. The van der Waals surface area contributed by atoms with Gasteiger partial charge in [0.15, 0.2) is 41.4 Å². The van der Waals surface area contributed by atoms with Crippen molar-refractivity contribution in [2.45, 2.75) is 67.1 Å². The number of ether oxygens (including phenoxy) is 5. The van der Waals surface area contributed by atoms with Crippen LogP contribution in [0.4, 0.5) is 17.7 Å². The van der Waals surface area contributed by atoms with Crippen LogP contribution in [0.25, 0.3) is 33.5 Å². The van der Waals surface area contributed by atoms with Gasteiger partial charge in [0, 0.05) is 20.1 Å². The van der Waals surface area contributed by atoms with Crippen molar-refractivity contribution >= 4 is 90.1 Å². The summed E-state index contributed by atoms with van der Waals surface area (Å²) >= 11 is 0. The molecule has 0 amide bonds. The molecule has 440 valence electrons. The summed E-state index contributed by atoms with van der Waals surface area (Å²) in [4.78, 5) is 109. The Labute approximate surface area is 444 Å². The summed E-state index contributed by atoms with van der Waals surface area (Å²) in [5, 5.41) is 33.1. The van der Waals surface area contributed by atoms with Gasteiger partial charge >= 0.3 is 36.9 Å². The van der Waals surface area contributed by atoms with Gasteiger partial charge in [-0.3, -0.25) is 42.3 Å². The van der Waals surface area contributed by atoms with Crippen LogP contribution in [0.5, 0.6) is 0 Å². The fraction of sp³-hybridized carbons (Fsp3) is 0.559. The molecule has 9 rings (SSSR count). The summed E-state index contributed by atoms with van der Waals surface area (Å²) in [5.74, 6) is -1.86. The maximum absolute atomic E-state index is 14.3. The van der Waals surface area contributed by atoms with E-state index in [4.69, 9.17) is 54.5 Å². The standard InChI is InChI=1S/C34H48N15O26P5/c1-46-11-49(27-18(46)29(54)45-34(37)43-27)30-19(50)12(4-65-2)13(70-30)5-68-77(57,58)73-79(61,62)75-80(63,64)74-78(59,60)69-7-15-23(22(66-3)32(72-15)47-9-40-16-24(35)38-8-39-25(16)47)76(55,56)67-6-14-20(51)21(52)31(71-14)48-10-41-17-26(48)42-33(36)44-28(17)53/h8-15,19-23,30-32,50-52H,4-7H2,1-3H3,(H12-,35,36,37,38,39,42,43,44,45,53,54,55,56,57,58,59,60,61,62,63,64)/t12-,13-,14-,15?,19-,20-,21-,22-,23-,30-,31-,32-/m1/s1. The number of nitrogens with two attached hydrogens (primary N) is 3. The van der Waals surface area contributed by atoms with E-state index >= 15 is 0 Å². The molecule has 3 aliphatic rings. The molecule has 0 radical (unpaired) electrons. The monoisotopic (exact) mass is 1240 g/mol. The highest BCUT2D eigenvalue weighted by molar-refractivity contribution is 7.69. The van der Waals surface area contributed by atoms with Crippen LogP contribution in [0, 0.1) is 5.92 Å². The Morgan fingerprint density at radius 1 is 0.688 bits per heavy atom. The lowest BCUT2D eigenvalue weighted by Crippen LogP contribution is -2.45. The van der Waals surface area contributed by atoms with Gasteiger partial charge in [-0.25, -0.2) is 42.8 Å². The number of aliphatic hydroxyl groups is 3. The summed E-state index contributed by atoms with van der Waals surface area (Å²) in [6, 6.07) is 0. The minimum Gasteiger partial charge on any atom is -0.778 e. The van der Waals surface area contributed by atoms with Gasteiger partial charge in [-0.1, -0.05) is 4.98 Å². The first-order valence-corrected chi connectivity index (χ1v) is 30.2. The van der Waals surface area contributed by atoms with Crippen molar-refractivity contribution in [3.8, 4) is 0 Å². The van der Waals surface area contributed by atoms with Crippen molar-refractivity contribution < 1.29 is 117 Å². The quantitative estimate of drug-likeness (QED) is 0.0226. The Hall–Kier alpha value is -4.96. The number of hydrogen-bond acceptors (Lipinski definition) is 31. The lowest BCUT2D eigenvalue weighted by Gasteiger charge is -2.35. The molecule has 6 aromatic rings. The average Bonchev–Trinajstić information content (AvgIpc) is 4.21. The molecule has 17 atom stereocenters. The van der Waals surface area contributed by atoms with Crippen molar-refractivity contribution in [1.29, 1.82) is 0 Å². The predicted molar refractivity (Wildman–Crippen MR) is 256 cm³/mol. The van der Waals surface area contributed by atoms with Gasteiger partial charge in [0.1, 0.15) is 50.0 Å². The lowest BCUT2D eigenvalue weighted by atomic mass is 9.99. The smallest absolute Gasteiger partial charge is 0.490 e. The van der Waals surface area contributed by atoms with Gasteiger partial charge < -0.3 is 89.8 Å². The third kappa shape index (κ3) is 12.0. The first-order valence-electron chi connectivity index (χ1n) is 22.6. The van der Waals surface area contributed by atoms with Gasteiger partial charge in [-0.15, -0.1) is 0 Å². The fourth-order valence-electron chi connectivity index (χ4n) is 9.11. The predicted octanol–water partition coefficient (Wildman–Crippen LogP) is -4.26. The van der Waals surface area contributed by atoms with Crippen molar-refractivity contribution in [2.75, 3.05) is 57.8 Å². The van der Waals surface area contributed by atoms with Crippen LogP contribution in [0.15, 0.2) is 34.9 Å². The van der Waals surface area contributed by atoms with E-state index in [0.29, 0.717) is 0 Å². The average molecular weight is 1240 g/mol. The summed E-state index contributed by atoms with van der Waals surface area (Å²) < 4.78 is 127. The molecule has 3 aliphatic heterocycles. The number of hydrogen-bond donors (Lipinski definition) is 12. The Morgan fingerprint density at radius 2 is 1.26 bits per heavy atom. The van der Waals surface area contributed by atoms with E-state index in [-0.39, 0.29) is 57.8 Å². The molecular weight excluding hydrogens is 1190 g/mol. The highest BCUT2D eigenvalue weighted by Crippen LogP contribution is 2.72. The molecule has 0 bridgehead atoms. The topological polar surface area (TPSA) is 591 Å². The summed E-state index contributed by atoms with van der Waals surface area (Å²) in [6.45, 7) is -3.81. The second-order valence-electron chi connectivity index (χ2n) is 17.6. The number of fused-ring (bicyclic) bond motifs is 3. The van der Waals surface area contributed by atoms with Crippen LogP contribution >= 0.6 is 38.9 Å². The van der Waals surface area contributed by atoms with Gasteiger partial charge in [-0.05, 0) is 0 Å². The number of aromatic nitrogens is 12. The number of nitrogens with one attached hydrogen (secondary N) is 2. The maximum Gasteiger partial charge on any atom is 0.490 e. The van der Waals surface area contributed by atoms with Gasteiger partial charge in [0.05, 0.1) is 64.0 Å². The molecule has 3 saturated heterocycles. The van der Waals surface area contributed by atoms with Crippen molar-refractivity contribution in [2.24, 2.45) is 13.0 Å². The van der Waals surface area contributed by atoms with Crippen LogP contribution in [0.2, 0.25) is 0 Å². The van der Waals surface area contributed by atoms with Gasteiger partial charge in [-0.2, -0.15) is 17.9 Å². The van der Waals surface area contributed by atoms with Crippen LogP contribution in [0.3, 0.4) is 0 Å². The number of rotatable bonds is 22. The molecule has 80 heavy (non-hydrogen) atoms. The summed E-state index contributed by atoms with van der Waals surface area (Å²) in [7, 11) is -26.8. The minimum absolute atomic E-state index is 0.00559. The lowest BCUT2D eigenvalue weighted by molar-refractivity contribution is -0.745. The zero-order chi connectivity index (χ0) is 58.2. The molecule has 41 nitrogen and oxygen atoms in total. The van der Waals surface area contributed by atoms with E-state index in [1.807, 2.05) is 0 Å². The van der Waals surface area contributed by atoms with Crippen LogP contribution < -0.4 is 37.8 Å². The Balaban J connectivity index is 0.868. The molecule has 3 fully saturated rings. The SMILES string of the molecule is COC[C@H]1[C@@H](O)[C@H]([n+]2cn(C)c3c(=O)[nH]c(N)nc32)O[C@@H]1COP(=O)(O)OP(=O)(O)OP(=O)(O)OP(=O)(O)OCC1O[C@@H](n2cnc3c(N)ncnc32)[C@H](OC)[C@@H]1P(=O)([O-])OC[C@H]1O[C@@H](n2cnc3c(=O)[nH]c(N)nc32)[C@H](O)[C@@H]1O. The number of methoxy groups -OCH3 is 2. The molecule has 0 spiro atoms. The number of anilines is 3. The van der Waals surface area contributed by atoms with E-state index in [1.54, 1.807) is 0 Å². The van der Waals surface area contributed by atoms with Crippen molar-refractivity contribution in [1.82, 2.24) is 53.6 Å².